The van der Waals surface area contributed by atoms with Crippen LogP contribution in [0, 0.1) is 22.7 Å². The van der Waals surface area contributed by atoms with E-state index in [4.69, 9.17) is 0 Å². The number of benzene rings is 1. The number of aryl methyl sites for hydroxylation is 1. The normalized spacial score (nSPS) is 17.8. The van der Waals surface area contributed by atoms with E-state index in [0.717, 1.165) is 16.5 Å². The fourth-order valence-electron chi connectivity index (χ4n) is 4.38. The zero-order valence-electron chi connectivity index (χ0n) is 19.7. The molecule has 1 fully saturated rings. The van der Waals surface area contributed by atoms with Gasteiger partial charge in [0.1, 0.15) is 17.8 Å². The smallest absolute Gasteiger partial charge is 0.268 e. The van der Waals surface area contributed by atoms with Gasteiger partial charge in [0.05, 0.1) is 6.07 Å². The average Bonchev–Trinajstić information content (AvgIpc) is 3.34. The van der Waals surface area contributed by atoms with E-state index in [1.807, 2.05) is 52.0 Å². The lowest BCUT2D eigenvalue weighted by atomic mass is 9.87. The van der Waals surface area contributed by atoms with Crippen LogP contribution in [0.2, 0.25) is 0 Å². The molecule has 176 valence electrons. The quantitative estimate of drug-likeness (QED) is 0.492. The lowest BCUT2D eigenvalue weighted by Gasteiger charge is -2.27. The molecule has 3 atom stereocenters. The first-order valence-corrected chi connectivity index (χ1v) is 11.5. The number of amides is 3. The lowest BCUT2D eigenvalue weighted by Crippen LogP contribution is -2.51. The first-order chi connectivity index (χ1) is 15.6. The molecule has 3 amide bonds. The van der Waals surface area contributed by atoms with Crippen molar-refractivity contribution >= 4 is 28.6 Å². The highest BCUT2D eigenvalue weighted by Gasteiger charge is 2.32. The Balaban J connectivity index is 1.78. The summed E-state index contributed by atoms with van der Waals surface area (Å²) < 4.78 is 0. The summed E-state index contributed by atoms with van der Waals surface area (Å²) >= 11 is 0. The topological polar surface area (TPSA) is 127 Å². The predicted octanol–water partition coefficient (Wildman–Crippen LogP) is 2.80. The van der Waals surface area contributed by atoms with Gasteiger partial charge >= 0.3 is 0 Å². The van der Waals surface area contributed by atoms with Crippen LogP contribution in [0.3, 0.4) is 0 Å². The number of hydrogen-bond donors (Lipinski definition) is 4. The second-order valence-corrected chi connectivity index (χ2v) is 9.87. The number of nitriles is 1. The van der Waals surface area contributed by atoms with E-state index < -0.39 is 18.0 Å². The highest BCUT2D eigenvalue weighted by Crippen LogP contribution is 2.25. The molecule has 0 radical (unpaired) electrons. The van der Waals surface area contributed by atoms with Gasteiger partial charge in [0.25, 0.3) is 5.91 Å². The van der Waals surface area contributed by atoms with Gasteiger partial charge in [-0.1, -0.05) is 45.9 Å². The third-order valence-corrected chi connectivity index (χ3v) is 5.99. The van der Waals surface area contributed by atoms with Gasteiger partial charge in [-0.3, -0.25) is 14.4 Å². The number of H-pyrrole nitrogens is 1. The standard InChI is InChI=1S/C25H33N5O3/c1-5-17-18-8-6-7-9-19(18)29-21(17)24(33)30-20(13-25(2,3)4)23(32)28-16(14-26)12-15-10-11-27-22(15)31/h6-9,15-16,20,29H,5,10-13H2,1-4H3,(H,27,31)(H,28,32)(H,30,33)/t15-,16-,20-/m0/s1. The number of aromatic amines is 1. The van der Waals surface area contributed by atoms with E-state index in [0.29, 0.717) is 31.5 Å². The molecule has 3 rings (SSSR count). The molecule has 2 heterocycles. The largest absolute Gasteiger partial charge is 0.356 e. The molecular formula is C25H33N5O3. The van der Waals surface area contributed by atoms with Crippen LogP contribution in [0.25, 0.3) is 10.9 Å². The number of aromatic nitrogens is 1. The minimum absolute atomic E-state index is 0.0880. The third-order valence-electron chi connectivity index (χ3n) is 5.99. The van der Waals surface area contributed by atoms with Crippen molar-refractivity contribution in [1.82, 2.24) is 20.9 Å². The fraction of sp³-hybridized carbons (Fsp3) is 0.520. The van der Waals surface area contributed by atoms with Gasteiger partial charge in [-0.15, -0.1) is 0 Å². The molecule has 0 unspecified atom stereocenters. The number of hydrogen-bond acceptors (Lipinski definition) is 4. The Bertz CT molecular complexity index is 1080. The van der Waals surface area contributed by atoms with Crippen LogP contribution in [-0.4, -0.2) is 41.3 Å². The van der Waals surface area contributed by atoms with Gasteiger partial charge in [0.15, 0.2) is 0 Å². The Morgan fingerprint density at radius 1 is 1.24 bits per heavy atom. The highest BCUT2D eigenvalue weighted by atomic mass is 16.2. The van der Waals surface area contributed by atoms with Crippen LogP contribution in [0.4, 0.5) is 0 Å². The highest BCUT2D eigenvalue weighted by molar-refractivity contribution is 6.02. The van der Waals surface area contributed by atoms with Gasteiger partial charge in [0.2, 0.25) is 11.8 Å². The van der Waals surface area contributed by atoms with Crippen molar-refractivity contribution in [3.8, 4) is 6.07 Å². The summed E-state index contributed by atoms with van der Waals surface area (Å²) in [6.45, 7) is 8.55. The van der Waals surface area contributed by atoms with Crippen LogP contribution in [-0.2, 0) is 16.0 Å². The molecule has 8 nitrogen and oxygen atoms in total. The maximum atomic E-state index is 13.2. The van der Waals surface area contributed by atoms with Crippen molar-refractivity contribution in [2.45, 2.75) is 65.5 Å². The van der Waals surface area contributed by atoms with Gasteiger partial charge in [-0.25, -0.2) is 0 Å². The SMILES string of the molecule is CCc1c(C(=O)N[C@@H](CC(C)(C)C)C(=O)N[C@H](C#N)C[C@@H]2CCNC2=O)[nH]c2ccccc12. The molecule has 8 heteroatoms. The van der Waals surface area contributed by atoms with E-state index in [1.165, 1.54) is 0 Å². The minimum Gasteiger partial charge on any atom is -0.356 e. The molecule has 2 aromatic rings. The van der Waals surface area contributed by atoms with Crippen molar-refractivity contribution in [2.24, 2.45) is 11.3 Å². The fourth-order valence-corrected chi connectivity index (χ4v) is 4.38. The Labute approximate surface area is 194 Å². The average molecular weight is 452 g/mol. The van der Waals surface area contributed by atoms with Crippen molar-refractivity contribution in [2.75, 3.05) is 6.54 Å². The second-order valence-electron chi connectivity index (χ2n) is 9.87. The summed E-state index contributed by atoms with van der Waals surface area (Å²) in [5, 5.41) is 18.9. The van der Waals surface area contributed by atoms with E-state index in [-0.39, 0.29) is 29.6 Å². The molecule has 1 aliphatic heterocycles. The van der Waals surface area contributed by atoms with Crippen molar-refractivity contribution < 1.29 is 14.4 Å². The first-order valence-electron chi connectivity index (χ1n) is 11.5. The van der Waals surface area contributed by atoms with Crippen molar-refractivity contribution in [3.63, 3.8) is 0 Å². The number of carbonyl (C=O) groups is 3. The van der Waals surface area contributed by atoms with Crippen molar-refractivity contribution in [3.05, 3.63) is 35.5 Å². The van der Waals surface area contributed by atoms with E-state index in [9.17, 15) is 19.6 Å². The summed E-state index contributed by atoms with van der Waals surface area (Å²) in [5.74, 6) is -1.15. The molecule has 1 aromatic carbocycles. The summed E-state index contributed by atoms with van der Waals surface area (Å²) in [4.78, 5) is 41.4. The molecule has 33 heavy (non-hydrogen) atoms. The van der Waals surface area contributed by atoms with Crippen molar-refractivity contribution in [1.29, 1.82) is 5.26 Å². The van der Waals surface area contributed by atoms with E-state index in [2.05, 4.69) is 27.0 Å². The van der Waals surface area contributed by atoms with Gasteiger partial charge in [0, 0.05) is 23.4 Å². The molecule has 0 spiro atoms. The number of nitrogens with zero attached hydrogens (tertiary/aromatic N) is 1. The molecule has 0 saturated carbocycles. The molecule has 1 aliphatic rings. The zero-order valence-corrected chi connectivity index (χ0v) is 19.7. The Morgan fingerprint density at radius 3 is 2.58 bits per heavy atom. The molecule has 1 aromatic heterocycles. The number of carbonyl (C=O) groups excluding carboxylic acids is 3. The first kappa shape index (κ1) is 24.3. The molecule has 4 N–H and O–H groups in total. The maximum Gasteiger partial charge on any atom is 0.268 e. The number of para-hydroxylation sites is 1. The summed E-state index contributed by atoms with van der Waals surface area (Å²) in [7, 11) is 0. The van der Waals surface area contributed by atoms with Crippen LogP contribution in [0.5, 0.6) is 0 Å². The Hall–Kier alpha value is -3.34. The summed E-state index contributed by atoms with van der Waals surface area (Å²) in [5.41, 5.74) is 1.98. The number of nitrogens with one attached hydrogen (secondary N) is 4. The lowest BCUT2D eigenvalue weighted by molar-refractivity contribution is -0.125. The van der Waals surface area contributed by atoms with Crippen LogP contribution >= 0.6 is 0 Å². The van der Waals surface area contributed by atoms with Crippen LogP contribution in [0.1, 0.15) is 63.0 Å². The molecule has 1 saturated heterocycles. The van der Waals surface area contributed by atoms with Gasteiger partial charge in [-0.05, 0) is 42.7 Å². The Kier molecular flexibility index (Phi) is 7.42. The zero-order chi connectivity index (χ0) is 24.2. The predicted molar refractivity (Wildman–Crippen MR) is 126 cm³/mol. The van der Waals surface area contributed by atoms with Gasteiger partial charge in [-0.2, -0.15) is 5.26 Å². The molecular weight excluding hydrogens is 418 g/mol. The Morgan fingerprint density at radius 2 is 1.97 bits per heavy atom. The minimum atomic E-state index is -0.818. The van der Waals surface area contributed by atoms with E-state index in [1.54, 1.807) is 0 Å². The number of rotatable bonds is 8. The summed E-state index contributed by atoms with van der Waals surface area (Å²) in [6, 6.07) is 8.19. The van der Waals surface area contributed by atoms with Crippen LogP contribution in [0.15, 0.2) is 24.3 Å². The van der Waals surface area contributed by atoms with Crippen LogP contribution < -0.4 is 16.0 Å². The number of fused-ring (bicyclic) bond motifs is 1. The maximum absolute atomic E-state index is 13.2. The summed E-state index contributed by atoms with van der Waals surface area (Å²) in [6.07, 6.45) is 1.97. The van der Waals surface area contributed by atoms with Gasteiger partial charge < -0.3 is 20.9 Å². The third kappa shape index (κ3) is 5.92. The monoisotopic (exact) mass is 451 g/mol. The molecule has 0 bridgehead atoms. The second kappa shape index (κ2) is 10.1. The molecule has 0 aliphatic carbocycles. The van der Waals surface area contributed by atoms with E-state index >= 15 is 0 Å².